The number of hydrogen-bond acceptors (Lipinski definition) is 3. The Morgan fingerprint density at radius 2 is 1.88 bits per heavy atom. The van der Waals surface area contributed by atoms with Gasteiger partial charge in [-0.3, -0.25) is 0 Å². The van der Waals surface area contributed by atoms with Crippen molar-refractivity contribution in [3.8, 4) is 0 Å². The van der Waals surface area contributed by atoms with Gasteiger partial charge >= 0.3 is 6.98 Å². The Balaban J connectivity index is 2.12. The molecule has 3 nitrogen and oxygen atoms in total. The minimum Gasteiger partial charge on any atom is -0.445 e. The van der Waals surface area contributed by atoms with Gasteiger partial charge in [-0.2, -0.15) is 0 Å². The van der Waals surface area contributed by atoms with Gasteiger partial charge in [-0.1, -0.05) is 11.5 Å². The van der Waals surface area contributed by atoms with Crippen molar-refractivity contribution in [1.29, 1.82) is 0 Å². The summed E-state index contributed by atoms with van der Waals surface area (Å²) in [5, 5.41) is 0. The molecule has 1 aromatic rings. The van der Waals surface area contributed by atoms with E-state index >= 15 is 0 Å². The van der Waals surface area contributed by atoms with Crippen LogP contribution in [0.3, 0.4) is 0 Å². The molecule has 0 aromatic carbocycles. The molecule has 1 aliphatic rings. The van der Waals surface area contributed by atoms with Gasteiger partial charge in [0.2, 0.25) is 0 Å². The van der Waals surface area contributed by atoms with Crippen LogP contribution in [0.1, 0.15) is 0 Å². The monoisotopic (exact) mass is 231 g/mol. The molecule has 2 heterocycles. The van der Waals surface area contributed by atoms with Crippen molar-refractivity contribution >= 4 is 18.3 Å². The van der Waals surface area contributed by atoms with Crippen molar-refractivity contribution < 1.29 is 17.7 Å². The maximum atomic E-state index is 12.4. The lowest BCUT2D eigenvalue weighted by Gasteiger charge is -2.28. The van der Waals surface area contributed by atoms with Crippen LogP contribution in [0, 0.1) is 0 Å². The number of halogens is 3. The van der Waals surface area contributed by atoms with Crippen molar-refractivity contribution in [2.45, 2.75) is 0 Å². The molecular weight excluding hydrogens is 220 g/mol. The molecule has 0 saturated carbocycles. The minimum atomic E-state index is -4.95. The van der Waals surface area contributed by atoms with Gasteiger partial charge in [0.1, 0.15) is 5.82 Å². The highest BCUT2D eigenvalue weighted by molar-refractivity contribution is 6.73. The standard InChI is InChI=1S/C9H11BF3N2O/c11-10(12,13)8-1-2-9(14-7-8)15-3-5-16-6-4-15/h1-2,7H,3-6H2/q-1. The summed E-state index contributed by atoms with van der Waals surface area (Å²) in [4.78, 5) is 5.75. The fraction of sp³-hybridized carbons (Fsp3) is 0.444. The molecule has 0 atom stereocenters. The molecule has 1 saturated heterocycles. The van der Waals surface area contributed by atoms with E-state index in [1.807, 2.05) is 4.90 Å². The molecule has 16 heavy (non-hydrogen) atoms. The van der Waals surface area contributed by atoms with Crippen LogP contribution in [0.15, 0.2) is 18.3 Å². The summed E-state index contributed by atoms with van der Waals surface area (Å²) < 4.78 is 42.2. The van der Waals surface area contributed by atoms with Gasteiger partial charge < -0.3 is 22.6 Å². The second-order valence-corrected chi connectivity index (χ2v) is 3.62. The van der Waals surface area contributed by atoms with Crippen molar-refractivity contribution in [3.63, 3.8) is 0 Å². The van der Waals surface area contributed by atoms with Gasteiger partial charge in [-0.05, 0) is 6.07 Å². The zero-order valence-electron chi connectivity index (χ0n) is 8.57. The van der Waals surface area contributed by atoms with Crippen LogP contribution < -0.4 is 10.4 Å². The molecule has 0 spiro atoms. The van der Waals surface area contributed by atoms with E-state index in [0.29, 0.717) is 32.1 Å². The minimum absolute atomic E-state index is 0.576. The third kappa shape index (κ3) is 2.47. The summed E-state index contributed by atoms with van der Waals surface area (Å²) in [5.41, 5.74) is -0.656. The fourth-order valence-corrected chi connectivity index (χ4v) is 1.57. The van der Waals surface area contributed by atoms with Crippen molar-refractivity contribution in [3.05, 3.63) is 18.3 Å². The van der Waals surface area contributed by atoms with Crippen LogP contribution in [-0.4, -0.2) is 38.3 Å². The van der Waals surface area contributed by atoms with E-state index in [0.717, 1.165) is 12.3 Å². The maximum absolute atomic E-state index is 12.4. The number of nitrogens with zero attached hydrogens (tertiary/aromatic N) is 2. The van der Waals surface area contributed by atoms with Gasteiger partial charge in [-0.15, -0.1) is 0 Å². The van der Waals surface area contributed by atoms with Crippen LogP contribution in [-0.2, 0) is 4.74 Å². The highest BCUT2D eigenvalue weighted by atomic mass is 19.4. The summed E-state index contributed by atoms with van der Waals surface area (Å²) in [7, 11) is 0. The van der Waals surface area contributed by atoms with Crippen LogP contribution in [0.5, 0.6) is 0 Å². The number of ether oxygens (including phenoxy) is 1. The first-order valence-corrected chi connectivity index (χ1v) is 5.06. The molecule has 0 N–H and O–H groups in total. The molecule has 0 radical (unpaired) electrons. The van der Waals surface area contributed by atoms with E-state index in [-0.39, 0.29) is 0 Å². The molecule has 1 aliphatic heterocycles. The van der Waals surface area contributed by atoms with Gasteiger partial charge in [0.25, 0.3) is 0 Å². The van der Waals surface area contributed by atoms with Crippen molar-refractivity contribution in [1.82, 2.24) is 4.98 Å². The smallest absolute Gasteiger partial charge is 0.445 e. The summed E-state index contributed by atoms with van der Waals surface area (Å²) in [6, 6.07) is 2.49. The quantitative estimate of drug-likeness (QED) is 0.709. The highest BCUT2D eigenvalue weighted by Gasteiger charge is 2.26. The number of morpholine rings is 1. The molecule has 1 aromatic heterocycles. The van der Waals surface area contributed by atoms with E-state index < -0.39 is 12.4 Å². The van der Waals surface area contributed by atoms with Crippen LogP contribution in [0.2, 0.25) is 0 Å². The topological polar surface area (TPSA) is 25.4 Å². The second-order valence-electron chi connectivity index (χ2n) is 3.62. The number of rotatable bonds is 2. The molecule has 1 fully saturated rings. The lowest BCUT2D eigenvalue weighted by atomic mass is 9.81. The first-order valence-electron chi connectivity index (χ1n) is 5.06. The summed E-state index contributed by atoms with van der Waals surface area (Å²) in [6.45, 7) is -2.43. The summed E-state index contributed by atoms with van der Waals surface area (Å²) in [5.74, 6) is 0.576. The van der Waals surface area contributed by atoms with Crippen LogP contribution in [0.25, 0.3) is 0 Å². The Labute approximate surface area is 91.3 Å². The molecule has 0 unspecified atom stereocenters. The largest absolute Gasteiger partial charge is 0.511 e. The predicted molar refractivity (Wildman–Crippen MR) is 56.0 cm³/mol. The van der Waals surface area contributed by atoms with Crippen molar-refractivity contribution in [2.24, 2.45) is 0 Å². The fourth-order valence-electron chi connectivity index (χ4n) is 1.57. The maximum Gasteiger partial charge on any atom is 0.511 e. The van der Waals surface area contributed by atoms with E-state index in [2.05, 4.69) is 4.98 Å². The zero-order chi connectivity index (χ0) is 11.6. The van der Waals surface area contributed by atoms with Gasteiger partial charge in [0, 0.05) is 19.3 Å². The molecule has 88 valence electrons. The first kappa shape index (κ1) is 11.3. The molecular formula is C9H11BF3N2O-. The van der Waals surface area contributed by atoms with Crippen LogP contribution in [0.4, 0.5) is 18.8 Å². The van der Waals surface area contributed by atoms with Crippen LogP contribution >= 0.6 is 0 Å². The number of anilines is 1. The highest BCUT2D eigenvalue weighted by Crippen LogP contribution is 2.13. The third-order valence-corrected chi connectivity index (χ3v) is 2.48. The number of aromatic nitrogens is 1. The van der Waals surface area contributed by atoms with Gasteiger partial charge in [-0.25, -0.2) is 4.98 Å². The number of hydrogen-bond donors (Lipinski definition) is 0. The summed E-state index contributed by atoms with van der Waals surface area (Å²) in [6.07, 6.45) is 0.894. The molecule has 2 rings (SSSR count). The molecule has 0 amide bonds. The molecule has 0 aliphatic carbocycles. The Kier molecular flexibility index (Phi) is 3.04. The van der Waals surface area contributed by atoms with E-state index in [1.165, 1.54) is 6.07 Å². The Bertz CT molecular complexity index is 349. The second kappa shape index (κ2) is 4.33. The van der Waals surface area contributed by atoms with Gasteiger partial charge in [0.05, 0.1) is 13.2 Å². The molecule has 7 heteroatoms. The zero-order valence-corrected chi connectivity index (χ0v) is 8.57. The normalized spacial score (nSPS) is 17.6. The average Bonchev–Trinajstić information content (AvgIpc) is 2.29. The Morgan fingerprint density at radius 1 is 1.19 bits per heavy atom. The predicted octanol–water partition coefficient (Wildman–Crippen LogP) is 0.973. The molecule has 0 bridgehead atoms. The number of pyridine rings is 1. The van der Waals surface area contributed by atoms with E-state index in [9.17, 15) is 12.9 Å². The van der Waals surface area contributed by atoms with E-state index in [1.54, 1.807) is 0 Å². The SMILES string of the molecule is F[B-](F)(F)c1ccc(N2CCOCC2)nc1. The van der Waals surface area contributed by atoms with Gasteiger partial charge in [0.15, 0.2) is 0 Å². The lowest BCUT2D eigenvalue weighted by molar-refractivity contribution is 0.122. The van der Waals surface area contributed by atoms with E-state index in [4.69, 9.17) is 4.74 Å². The lowest BCUT2D eigenvalue weighted by Crippen LogP contribution is -2.38. The summed E-state index contributed by atoms with van der Waals surface area (Å²) >= 11 is 0. The third-order valence-electron chi connectivity index (χ3n) is 2.48. The Morgan fingerprint density at radius 3 is 2.38 bits per heavy atom. The average molecular weight is 231 g/mol. The Hall–Kier alpha value is -1.24. The first-order chi connectivity index (χ1) is 7.57. The van der Waals surface area contributed by atoms with Crippen molar-refractivity contribution in [2.75, 3.05) is 31.2 Å².